The van der Waals surface area contributed by atoms with E-state index in [9.17, 15) is 4.79 Å². The number of nitrogens with one attached hydrogen (secondary N) is 1. The van der Waals surface area contributed by atoms with Gasteiger partial charge in [-0.15, -0.1) is 10.2 Å². The second-order valence-corrected chi connectivity index (χ2v) is 7.62. The molecule has 0 radical (unpaired) electrons. The number of carbonyl (C=O) groups excluding carboxylic acids is 1. The molecule has 7 nitrogen and oxygen atoms in total. The van der Waals surface area contributed by atoms with E-state index in [1.54, 1.807) is 13.2 Å². The number of para-hydroxylation sites is 1. The zero-order valence-corrected chi connectivity index (χ0v) is 15.3. The van der Waals surface area contributed by atoms with Crippen LogP contribution in [0.4, 0.5) is 10.8 Å². The Morgan fingerprint density at radius 2 is 2.12 bits per heavy atom. The number of hydrogen-bond acceptors (Lipinski definition) is 8. The fourth-order valence-corrected chi connectivity index (χ4v) is 4.05. The molecule has 0 aliphatic heterocycles. The molecule has 4 rings (SSSR count). The van der Waals surface area contributed by atoms with Crippen LogP contribution < -0.4 is 15.8 Å². The van der Waals surface area contributed by atoms with Crippen LogP contribution in [0.3, 0.4) is 0 Å². The molecule has 0 spiro atoms. The molecule has 0 fully saturated rings. The third kappa shape index (κ3) is 3.18. The van der Waals surface area contributed by atoms with Crippen molar-refractivity contribution in [2.24, 2.45) is 0 Å². The molecule has 0 saturated carbocycles. The third-order valence-corrected chi connectivity index (χ3v) is 5.61. The minimum atomic E-state index is -0.183. The molecule has 0 atom stereocenters. The molecule has 0 aliphatic rings. The lowest BCUT2D eigenvalue weighted by molar-refractivity contribution is -0.113. The number of fused-ring (bicyclic) bond motifs is 3. The van der Waals surface area contributed by atoms with Crippen molar-refractivity contribution in [3.05, 3.63) is 36.4 Å². The van der Waals surface area contributed by atoms with E-state index < -0.39 is 0 Å². The van der Waals surface area contributed by atoms with E-state index in [4.69, 9.17) is 14.9 Å². The number of nitrogens with two attached hydrogens (primary N) is 1. The van der Waals surface area contributed by atoms with E-state index in [2.05, 4.69) is 15.5 Å². The fraction of sp³-hybridized carbons (Fsp3) is 0.118. The zero-order chi connectivity index (χ0) is 18.1. The maximum absolute atomic E-state index is 12.3. The molecule has 0 saturated heterocycles. The van der Waals surface area contributed by atoms with E-state index >= 15 is 0 Å². The van der Waals surface area contributed by atoms with Crippen LogP contribution in [0.1, 0.15) is 0 Å². The van der Waals surface area contributed by atoms with Gasteiger partial charge in [-0.3, -0.25) is 4.79 Å². The molecule has 2 heterocycles. The van der Waals surface area contributed by atoms with Gasteiger partial charge in [0.25, 0.3) is 0 Å². The number of aromatic nitrogens is 2. The molecule has 1 amide bonds. The number of hydrogen-bond donors (Lipinski definition) is 2. The fourth-order valence-electron chi connectivity index (χ4n) is 2.61. The van der Waals surface area contributed by atoms with Gasteiger partial charge in [-0.1, -0.05) is 41.3 Å². The predicted octanol–water partition coefficient (Wildman–Crippen LogP) is 3.76. The summed E-state index contributed by atoms with van der Waals surface area (Å²) in [6.07, 6.45) is 0. The van der Waals surface area contributed by atoms with E-state index in [1.807, 2.05) is 30.3 Å². The molecule has 26 heavy (non-hydrogen) atoms. The van der Waals surface area contributed by atoms with Crippen molar-refractivity contribution in [2.45, 2.75) is 4.34 Å². The lowest BCUT2D eigenvalue weighted by Crippen LogP contribution is -2.14. The highest BCUT2D eigenvalue weighted by Crippen LogP contribution is 2.36. The van der Waals surface area contributed by atoms with E-state index in [-0.39, 0.29) is 11.7 Å². The van der Waals surface area contributed by atoms with Gasteiger partial charge in [0.15, 0.2) is 4.34 Å². The summed E-state index contributed by atoms with van der Waals surface area (Å²) in [5.74, 6) is 0.579. The van der Waals surface area contributed by atoms with E-state index in [1.165, 1.54) is 23.1 Å². The molecule has 0 bridgehead atoms. The van der Waals surface area contributed by atoms with Crippen LogP contribution in [0.25, 0.3) is 21.9 Å². The second-order valence-electron chi connectivity index (χ2n) is 5.39. The number of rotatable bonds is 5. The third-order valence-electron chi connectivity index (χ3n) is 3.72. The summed E-state index contributed by atoms with van der Waals surface area (Å²) in [4.78, 5) is 12.3. The molecule has 0 unspecified atom stereocenters. The molecule has 9 heteroatoms. The summed E-state index contributed by atoms with van der Waals surface area (Å²) in [5.41, 5.74) is 7.57. The lowest BCUT2D eigenvalue weighted by Gasteiger charge is -2.10. The Morgan fingerprint density at radius 1 is 1.27 bits per heavy atom. The number of benzene rings is 2. The second kappa shape index (κ2) is 6.85. The van der Waals surface area contributed by atoms with Gasteiger partial charge in [0, 0.05) is 16.8 Å². The number of nitrogens with zero attached hydrogens (tertiary/aromatic N) is 2. The van der Waals surface area contributed by atoms with Crippen molar-refractivity contribution in [3.63, 3.8) is 0 Å². The van der Waals surface area contributed by atoms with Crippen molar-refractivity contribution in [1.82, 2.24) is 10.2 Å². The summed E-state index contributed by atoms with van der Waals surface area (Å²) < 4.78 is 12.0. The van der Waals surface area contributed by atoms with Gasteiger partial charge in [-0.2, -0.15) is 0 Å². The van der Waals surface area contributed by atoms with Crippen molar-refractivity contribution in [3.8, 4) is 5.75 Å². The molecule has 3 N–H and O–H groups in total. The smallest absolute Gasteiger partial charge is 0.234 e. The topological polar surface area (TPSA) is 103 Å². The minimum absolute atomic E-state index is 0.183. The van der Waals surface area contributed by atoms with Crippen LogP contribution in [0.15, 0.2) is 45.2 Å². The number of carbonyl (C=O) groups is 1. The van der Waals surface area contributed by atoms with Crippen molar-refractivity contribution in [1.29, 1.82) is 0 Å². The summed E-state index contributed by atoms with van der Waals surface area (Å²) in [6, 6.07) is 11.4. The van der Waals surface area contributed by atoms with E-state index in [0.29, 0.717) is 26.5 Å². The van der Waals surface area contributed by atoms with Gasteiger partial charge < -0.3 is 20.2 Å². The molecule has 2 aromatic carbocycles. The SMILES string of the molecule is COc1cc2c(cc1NC(=O)CSc1nnc(N)s1)oc1ccccc12. The predicted molar refractivity (Wildman–Crippen MR) is 104 cm³/mol. The van der Waals surface area contributed by atoms with Crippen LogP contribution in [0.5, 0.6) is 5.75 Å². The Morgan fingerprint density at radius 3 is 2.88 bits per heavy atom. The average Bonchev–Trinajstić information content (AvgIpc) is 3.22. The first-order chi connectivity index (χ1) is 12.6. The summed E-state index contributed by atoms with van der Waals surface area (Å²) in [6.45, 7) is 0. The maximum atomic E-state index is 12.3. The number of methoxy groups -OCH3 is 1. The highest BCUT2D eigenvalue weighted by atomic mass is 32.2. The zero-order valence-electron chi connectivity index (χ0n) is 13.7. The maximum Gasteiger partial charge on any atom is 0.234 e. The number of anilines is 2. The Hall–Kier alpha value is -2.78. The molecular formula is C17H14N4O3S2. The van der Waals surface area contributed by atoms with Gasteiger partial charge in [0.05, 0.1) is 18.6 Å². The Labute approximate surface area is 156 Å². The molecule has 0 aliphatic carbocycles. The quantitative estimate of drug-likeness (QED) is 0.503. The van der Waals surface area contributed by atoms with Crippen molar-refractivity contribution >= 4 is 61.8 Å². The van der Waals surface area contributed by atoms with Gasteiger partial charge in [-0.05, 0) is 12.1 Å². The highest BCUT2D eigenvalue weighted by Gasteiger charge is 2.14. The lowest BCUT2D eigenvalue weighted by atomic mass is 10.1. The average molecular weight is 386 g/mol. The van der Waals surface area contributed by atoms with Crippen LogP contribution in [-0.4, -0.2) is 29.0 Å². The van der Waals surface area contributed by atoms with Crippen LogP contribution in [0.2, 0.25) is 0 Å². The summed E-state index contributed by atoms with van der Waals surface area (Å²) in [5, 5.41) is 12.8. The van der Waals surface area contributed by atoms with Crippen LogP contribution in [0, 0.1) is 0 Å². The summed E-state index contributed by atoms with van der Waals surface area (Å²) in [7, 11) is 1.57. The van der Waals surface area contributed by atoms with Gasteiger partial charge in [0.1, 0.15) is 16.9 Å². The summed E-state index contributed by atoms with van der Waals surface area (Å²) >= 11 is 2.52. The largest absolute Gasteiger partial charge is 0.495 e. The first kappa shape index (κ1) is 16.7. The number of furan rings is 1. The number of ether oxygens (including phenoxy) is 1. The van der Waals surface area contributed by atoms with E-state index in [0.717, 1.165) is 16.4 Å². The molecule has 4 aromatic rings. The van der Waals surface area contributed by atoms with Crippen LogP contribution >= 0.6 is 23.1 Å². The Bertz CT molecular complexity index is 1110. The first-order valence-corrected chi connectivity index (χ1v) is 9.45. The van der Waals surface area contributed by atoms with Gasteiger partial charge >= 0.3 is 0 Å². The van der Waals surface area contributed by atoms with Crippen molar-refractivity contribution < 1.29 is 13.9 Å². The van der Waals surface area contributed by atoms with Gasteiger partial charge in [-0.25, -0.2) is 0 Å². The minimum Gasteiger partial charge on any atom is -0.495 e. The standard InChI is InChI=1S/C17H14N4O3S2/c1-23-14-6-10-9-4-2-3-5-12(9)24-13(10)7-11(14)19-15(22)8-25-17-21-20-16(18)26-17/h2-7H,8H2,1H3,(H2,18,20)(H,19,22). The molecular weight excluding hydrogens is 372 g/mol. The van der Waals surface area contributed by atoms with Gasteiger partial charge in [0.2, 0.25) is 11.0 Å². The number of nitrogen functional groups attached to an aromatic ring is 1. The first-order valence-electron chi connectivity index (χ1n) is 7.65. The van der Waals surface area contributed by atoms with Crippen LogP contribution in [-0.2, 0) is 4.79 Å². The highest BCUT2D eigenvalue weighted by molar-refractivity contribution is 8.01. The molecule has 2 aromatic heterocycles. The number of thioether (sulfide) groups is 1. The number of amides is 1. The Kier molecular flexibility index (Phi) is 4.39. The molecule has 132 valence electrons. The normalized spacial score (nSPS) is 11.1. The van der Waals surface area contributed by atoms with Crippen molar-refractivity contribution in [2.75, 3.05) is 23.9 Å². The monoisotopic (exact) mass is 386 g/mol. The Balaban J connectivity index is 1.58.